The molecule has 4 nitrogen and oxygen atoms in total. The fourth-order valence-electron chi connectivity index (χ4n) is 1.64. The van der Waals surface area contributed by atoms with Gasteiger partial charge in [-0.2, -0.15) is 0 Å². The van der Waals surface area contributed by atoms with Crippen LogP contribution in [0, 0.1) is 0 Å². The fraction of sp³-hybridized carbons (Fsp3) is 0.417. The molecule has 0 aromatic heterocycles. The summed E-state index contributed by atoms with van der Waals surface area (Å²) in [7, 11) is 0. The number of anilines is 1. The van der Waals surface area contributed by atoms with E-state index in [4.69, 9.17) is 5.84 Å². The zero-order valence-electron chi connectivity index (χ0n) is 9.86. The molecule has 1 aromatic carbocycles. The van der Waals surface area contributed by atoms with Gasteiger partial charge in [-0.1, -0.05) is 19.1 Å². The van der Waals surface area contributed by atoms with Crippen molar-refractivity contribution in [2.75, 3.05) is 18.5 Å². The Balaban J connectivity index is 2.93. The third-order valence-corrected chi connectivity index (χ3v) is 2.48. The first-order valence-electron chi connectivity index (χ1n) is 5.59. The van der Waals surface area contributed by atoms with Gasteiger partial charge in [0.15, 0.2) is 0 Å². The molecule has 88 valence electrons. The molecule has 0 saturated carbocycles. The molecule has 0 aliphatic carbocycles. The van der Waals surface area contributed by atoms with Crippen LogP contribution >= 0.6 is 0 Å². The summed E-state index contributed by atoms with van der Waals surface area (Å²) >= 11 is 0. The van der Waals surface area contributed by atoms with Gasteiger partial charge in [-0.05, 0) is 25.5 Å². The Morgan fingerprint density at radius 1 is 1.38 bits per heavy atom. The number of hydrogen-bond donors (Lipinski definition) is 2. The minimum atomic E-state index is 0.0258. The zero-order valence-corrected chi connectivity index (χ0v) is 9.86. The van der Waals surface area contributed by atoms with Gasteiger partial charge in [-0.15, -0.1) is 0 Å². The van der Waals surface area contributed by atoms with Crippen molar-refractivity contribution in [3.05, 3.63) is 29.8 Å². The molecule has 1 amide bonds. The highest BCUT2D eigenvalue weighted by Gasteiger charge is 2.15. The van der Waals surface area contributed by atoms with Crippen molar-refractivity contribution in [2.45, 2.75) is 20.3 Å². The van der Waals surface area contributed by atoms with Crippen LogP contribution in [0.4, 0.5) is 5.69 Å². The topological polar surface area (TPSA) is 58.4 Å². The van der Waals surface area contributed by atoms with E-state index in [1.807, 2.05) is 24.0 Å². The normalized spacial score (nSPS) is 9.94. The lowest BCUT2D eigenvalue weighted by Crippen LogP contribution is -2.32. The molecule has 0 aliphatic heterocycles. The molecule has 0 radical (unpaired) electrons. The van der Waals surface area contributed by atoms with Gasteiger partial charge in [0.2, 0.25) is 0 Å². The first-order chi connectivity index (χ1) is 7.74. The highest BCUT2D eigenvalue weighted by molar-refractivity contribution is 5.99. The van der Waals surface area contributed by atoms with Crippen molar-refractivity contribution < 1.29 is 4.79 Å². The van der Waals surface area contributed by atoms with E-state index in [1.165, 1.54) is 0 Å². The SMILES string of the molecule is CCCN(CC)C(=O)c1ccccc1NN. The van der Waals surface area contributed by atoms with E-state index in [0.717, 1.165) is 13.0 Å². The van der Waals surface area contributed by atoms with Gasteiger partial charge in [0, 0.05) is 13.1 Å². The molecule has 3 N–H and O–H groups in total. The number of nitrogens with one attached hydrogen (secondary N) is 1. The van der Waals surface area contributed by atoms with Crippen LogP contribution in [-0.4, -0.2) is 23.9 Å². The Labute approximate surface area is 96.4 Å². The number of carbonyl (C=O) groups is 1. The molecule has 4 heteroatoms. The number of hydrazine groups is 1. The summed E-state index contributed by atoms with van der Waals surface area (Å²) in [6.07, 6.45) is 0.956. The summed E-state index contributed by atoms with van der Waals surface area (Å²) in [4.78, 5) is 14.0. The predicted molar refractivity (Wildman–Crippen MR) is 66.1 cm³/mol. The van der Waals surface area contributed by atoms with Crippen LogP contribution in [0.15, 0.2) is 24.3 Å². The third-order valence-electron chi connectivity index (χ3n) is 2.48. The van der Waals surface area contributed by atoms with E-state index in [9.17, 15) is 4.79 Å². The largest absolute Gasteiger partial charge is 0.339 e. The molecule has 16 heavy (non-hydrogen) atoms. The Morgan fingerprint density at radius 2 is 2.06 bits per heavy atom. The molecule has 0 spiro atoms. The number of carbonyl (C=O) groups excluding carboxylic acids is 1. The van der Waals surface area contributed by atoms with E-state index in [0.29, 0.717) is 17.8 Å². The lowest BCUT2D eigenvalue weighted by Gasteiger charge is -2.21. The lowest BCUT2D eigenvalue weighted by molar-refractivity contribution is 0.0765. The average Bonchev–Trinajstić information content (AvgIpc) is 2.35. The van der Waals surface area contributed by atoms with Crippen LogP contribution in [0.1, 0.15) is 30.6 Å². The van der Waals surface area contributed by atoms with Gasteiger partial charge in [-0.3, -0.25) is 10.6 Å². The van der Waals surface area contributed by atoms with Gasteiger partial charge < -0.3 is 10.3 Å². The van der Waals surface area contributed by atoms with Crippen molar-refractivity contribution in [2.24, 2.45) is 5.84 Å². The third kappa shape index (κ3) is 2.73. The maximum Gasteiger partial charge on any atom is 0.255 e. The molecular weight excluding hydrogens is 202 g/mol. The van der Waals surface area contributed by atoms with E-state index < -0.39 is 0 Å². The van der Waals surface area contributed by atoms with Crippen molar-refractivity contribution in [1.29, 1.82) is 0 Å². The van der Waals surface area contributed by atoms with Gasteiger partial charge in [0.1, 0.15) is 0 Å². The molecule has 0 unspecified atom stereocenters. The first-order valence-corrected chi connectivity index (χ1v) is 5.59. The van der Waals surface area contributed by atoms with Crippen molar-refractivity contribution in [3.63, 3.8) is 0 Å². The number of amides is 1. The molecule has 0 atom stereocenters. The van der Waals surface area contributed by atoms with Crippen LogP contribution in [0.25, 0.3) is 0 Å². The highest BCUT2D eigenvalue weighted by atomic mass is 16.2. The lowest BCUT2D eigenvalue weighted by atomic mass is 10.1. The fourth-order valence-corrected chi connectivity index (χ4v) is 1.64. The van der Waals surface area contributed by atoms with E-state index in [1.54, 1.807) is 12.1 Å². The number of benzene rings is 1. The van der Waals surface area contributed by atoms with Crippen LogP contribution in [0.3, 0.4) is 0 Å². The summed E-state index contributed by atoms with van der Waals surface area (Å²) < 4.78 is 0. The molecule has 1 aromatic rings. The Morgan fingerprint density at radius 3 is 2.62 bits per heavy atom. The molecule has 0 fully saturated rings. The number of nitrogens with two attached hydrogens (primary N) is 1. The van der Waals surface area contributed by atoms with E-state index in [2.05, 4.69) is 12.3 Å². The van der Waals surface area contributed by atoms with E-state index >= 15 is 0 Å². The van der Waals surface area contributed by atoms with Crippen molar-refractivity contribution in [1.82, 2.24) is 4.90 Å². The van der Waals surface area contributed by atoms with Crippen molar-refractivity contribution in [3.8, 4) is 0 Å². The second-order valence-electron chi connectivity index (χ2n) is 3.57. The van der Waals surface area contributed by atoms with Gasteiger partial charge in [0.25, 0.3) is 5.91 Å². The number of rotatable bonds is 5. The summed E-state index contributed by atoms with van der Waals surface area (Å²) in [6.45, 7) is 5.52. The van der Waals surface area contributed by atoms with E-state index in [-0.39, 0.29) is 5.91 Å². The summed E-state index contributed by atoms with van der Waals surface area (Å²) in [6, 6.07) is 7.28. The predicted octanol–water partition coefficient (Wildman–Crippen LogP) is 1.84. The number of nitrogen functional groups attached to an aromatic ring is 1. The summed E-state index contributed by atoms with van der Waals surface area (Å²) in [5.74, 6) is 5.41. The molecular formula is C12H19N3O. The van der Waals surface area contributed by atoms with Crippen LogP contribution < -0.4 is 11.3 Å². The maximum atomic E-state index is 12.2. The minimum absolute atomic E-state index is 0.0258. The molecule has 0 heterocycles. The first kappa shape index (κ1) is 12.5. The molecule has 0 aliphatic rings. The second-order valence-corrected chi connectivity index (χ2v) is 3.57. The summed E-state index contributed by atoms with van der Waals surface area (Å²) in [5.41, 5.74) is 3.84. The van der Waals surface area contributed by atoms with Gasteiger partial charge >= 0.3 is 0 Å². The number of para-hydroxylation sites is 1. The standard InChI is InChI=1S/C12H19N3O/c1-3-9-15(4-2)12(16)10-7-5-6-8-11(10)14-13/h5-8,14H,3-4,9,13H2,1-2H3. The van der Waals surface area contributed by atoms with Gasteiger partial charge in [-0.25, -0.2) is 0 Å². The van der Waals surface area contributed by atoms with Crippen molar-refractivity contribution >= 4 is 11.6 Å². The molecule has 0 bridgehead atoms. The second kappa shape index (κ2) is 6.12. The molecule has 0 saturated heterocycles. The van der Waals surface area contributed by atoms with Crippen LogP contribution in [-0.2, 0) is 0 Å². The Hall–Kier alpha value is -1.55. The summed E-state index contributed by atoms with van der Waals surface area (Å²) in [5, 5.41) is 0. The monoisotopic (exact) mass is 221 g/mol. The Kier molecular flexibility index (Phi) is 4.79. The molecule has 1 rings (SSSR count). The van der Waals surface area contributed by atoms with Crippen LogP contribution in [0.5, 0.6) is 0 Å². The highest BCUT2D eigenvalue weighted by Crippen LogP contribution is 2.16. The maximum absolute atomic E-state index is 12.2. The quantitative estimate of drug-likeness (QED) is 0.589. The zero-order chi connectivity index (χ0) is 12.0. The smallest absolute Gasteiger partial charge is 0.255 e. The number of nitrogens with zero attached hydrogens (tertiary/aromatic N) is 1. The minimum Gasteiger partial charge on any atom is -0.339 e. The van der Waals surface area contributed by atoms with Crippen LogP contribution in [0.2, 0.25) is 0 Å². The van der Waals surface area contributed by atoms with Gasteiger partial charge in [0.05, 0.1) is 11.3 Å². The average molecular weight is 221 g/mol. The number of hydrogen-bond acceptors (Lipinski definition) is 3. The Bertz CT molecular complexity index is 352.